The van der Waals surface area contributed by atoms with Crippen LogP contribution in [0.15, 0.2) is 47.7 Å². The summed E-state index contributed by atoms with van der Waals surface area (Å²) in [6.07, 6.45) is 5.66. The molecular weight excluding hydrogens is 300 g/mol. The van der Waals surface area contributed by atoms with Gasteiger partial charge < -0.3 is 14.6 Å². The number of carbonyl (C=O) groups excluding carboxylic acids is 1. The largest absolute Gasteiger partial charge is 0.496 e. The number of para-hydroxylation sites is 1. The number of piperidine rings is 1. The molecule has 122 valence electrons. The zero-order valence-corrected chi connectivity index (χ0v) is 13.7. The van der Waals surface area contributed by atoms with Crippen molar-refractivity contribution in [1.82, 2.24) is 9.88 Å². The van der Waals surface area contributed by atoms with Crippen molar-refractivity contribution in [1.29, 1.82) is 0 Å². The zero-order chi connectivity index (χ0) is 16.3. The molecule has 3 aliphatic rings. The number of rotatable bonds is 0. The molecule has 1 amide bonds. The van der Waals surface area contributed by atoms with Crippen LogP contribution in [0.1, 0.15) is 30.6 Å². The van der Waals surface area contributed by atoms with Crippen LogP contribution in [0.4, 0.5) is 0 Å². The van der Waals surface area contributed by atoms with Crippen LogP contribution in [-0.2, 0) is 16.0 Å². The summed E-state index contributed by atoms with van der Waals surface area (Å²) in [5.74, 6) is 0.328. The molecule has 1 fully saturated rings. The van der Waals surface area contributed by atoms with E-state index in [9.17, 15) is 4.79 Å². The quantitative estimate of drug-likeness (QED) is 0.755. The summed E-state index contributed by atoms with van der Waals surface area (Å²) in [4.78, 5) is 18.6. The first kappa shape index (κ1) is 13.9. The first-order valence-electron chi connectivity index (χ1n) is 8.65. The van der Waals surface area contributed by atoms with Gasteiger partial charge in [0.25, 0.3) is 5.91 Å². The molecule has 24 heavy (non-hydrogen) atoms. The molecule has 0 saturated carbocycles. The van der Waals surface area contributed by atoms with Gasteiger partial charge in [-0.05, 0) is 37.0 Å². The Hall–Kier alpha value is -2.49. The summed E-state index contributed by atoms with van der Waals surface area (Å²) in [5.41, 5.74) is 5.85. The highest BCUT2D eigenvalue weighted by Gasteiger charge is 2.44. The van der Waals surface area contributed by atoms with Gasteiger partial charge in [0, 0.05) is 29.1 Å². The molecule has 4 heterocycles. The van der Waals surface area contributed by atoms with Crippen molar-refractivity contribution in [3.8, 4) is 0 Å². The number of allylic oxidation sites excluding steroid dienone is 1. The number of aromatic nitrogens is 1. The third kappa shape index (κ3) is 1.77. The molecule has 0 bridgehead atoms. The topological polar surface area (TPSA) is 45.3 Å². The Morgan fingerprint density at radius 1 is 1.33 bits per heavy atom. The number of fused-ring (bicyclic) bond motifs is 6. The van der Waals surface area contributed by atoms with Gasteiger partial charge in [0.1, 0.15) is 6.61 Å². The van der Waals surface area contributed by atoms with Gasteiger partial charge in [0.2, 0.25) is 0 Å². The number of benzene rings is 1. The summed E-state index contributed by atoms with van der Waals surface area (Å²) < 4.78 is 5.52. The second kappa shape index (κ2) is 5.00. The molecule has 0 spiro atoms. The summed E-state index contributed by atoms with van der Waals surface area (Å²) >= 11 is 0. The van der Waals surface area contributed by atoms with Crippen LogP contribution in [0.2, 0.25) is 0 Å². The third-order valence-corrected chi connectivity index (χ3v) is 5.78. The highest BCUT2D eigenvalue weighted by molar-refractivity contribution is 5.96. The van der Waals surface area contributed by atoms with E-state index >= 15 is 0 Å². The average molecular weight is 320 g/mol. The van der Waals surface area contributed by atoms with E-state index in [2.05, 4.69) is 35.3 Å². The maximum Gasteiger partial charge on any atom is 0.254 e. The van der Waals surface area contributed by atoms with E-state index in [0.717, 1.165) is 25.0 Å². The Bertz CT molecular complexity index is 905. The van der Waals surface area contributed by atoms with Crippen LogP contribution < -0.4 is 0 Å². The molecule has 2 aromatic rings. The zero-order valence-electron chi connectivity index (χ0n) is 13.7. The molecule has 1 aromatic heterocycles. The fourth-order valence-corrected chi connectivity index (χ4v) is 4.57. The van der Waals surface area contributed by atoms with Crippen LogP contribution >= 0.6 is 0 Å². The number of amides is 1. The molecule has 1 aromatic carbocycles. The molecule has 4 heteroatoms. The van der Waals surface area contributed by atoms with Crippen LogP contribution in [0.25, 0.3) is 10.9 Å². The molecule has 2 atom stereocenters. The number of H-pyrrole nitrogens is 1. The molecule has 5 rings (SSSR count). The smallest absolute Gasteiger partial charge is 0.254 e. The maximum absolute atomic E-state index is 13.0. The summed E-state index contributed by atoms with van der Waals surface area (Å²) in [6, 6.07) is 8.60. The fourth-order valence-electron chi connectivity index (χ4n) is 4.57. The number of nitrogens with one attached hydrogen (secondary N) is 1. The second-order valence-corrected chi connectivity index (χ2v) is 6.86. The first-order chi connectivity index (χ1) is 11.8. The van der Waals surface area contributed by atoms with E-state index in [1.807, 2.05) is 11.8 Å². The third-order valence-electron chi connectivity index (χ3n) is 5.78. The Morgan fingerprint density at radius 2 is 2.21 bits per heavy atom. The fraction of sp³-hybridized carbons (Fsp3) is 0.350. The van der Waals surface area contributed by atoms with Crippen molar-refractivity contribution >= 4 is 16.8 Å². The molecule has 4 nitrogen and oxygen atoms in total. The van der Waals surface area contributed by atoms with Gasteiger partial charge in [-0.25, -0.2) is 0 Å². The number of aromatic amines is 1. The highest BCUT2D eigenvalue weighted by Crippen LogP contribution is 2.46. The average Bonchev–Trinajstić information content (AvgIpc) is 3.01. The van der Waals surface area contributed by atoms with Crippen LogP contribution in [-0.4, -0.2) is 28.9 Å². The lowest BCUT2D eigenvalue weighted by molar-refractivity contribution is -0.133. The van der Waals surface area contributed by atoms with E-state index in [4.69, 9.17) is 4.74 Å². The Balaban J connectivity index is 1.64. The van der Waals surface area contributed by atoms with E-state index < -0.39 is 0 Å². The molecular formula is C20H20N2O2. The molecule has 0 unspecified atom stereocenters. The predicted octanol–water partition coefficient (Wildman–Crippen LogP) is 3.47. The lowest BCUT2D eigenvalue weighted by atomic mass is 9.77. The van der Waals surface area contributed by atoms with Gasteiger partial charge in [0.15, 0.2) is 0 Å². The summed E-state index contributed by atoms with van der Waals surface area (Å²) in [6.45, 7) is 3.42. The highest BCUT2D eigenvalue weighted by atomic mass is 16.5. The number of hydrogen-bond donors (Lipinski definition) is 1. The predicted molar refractivity (Wildman–Crippen MR) is 92.4 cm³/mol. The van der Waals surface area contributed by atoms with Gasteiger partial charge in [-0.1, -0.05) is 24.3 Å². The van der Waals surface area contributed by atoms with Crippen molar-refractivity contribution in [2.75, 3.05) is 13.2 Å². The van der Waals surface area contributed by atoms with Gasteiger partial charge in [-0.3, -0.25) is 4.79 Å². The molecule has 1 saturated heterocycles. The van der Waals surface area contributed by atoms with Gasteiger partial charge in [0.05, 0.1) is 17.9 Å². The summed E-state index contributed by atoms with van der Waals surface area (Å²) in [5, 5.41) is 1.30. The summed E-state index contributed by atoms with van der Waals surface area (Å²) in [7, 11) is 0. The minimum Gasteiger partial charge on any atom is -0.496 e. The van der Waals surface area contributed by atoms with Crippen LogP contribution in [0.3, 0.4) is 0 Å². The van der Waals surface area contributed by atoms with E-state index in [1.54, 1.807) is 6.26 Å². The van der Waals surface area contributed by atoms with Gasteiger partial charge in [-0.15, -0.1) is 0 Å². The lowest BCUT2D eigenvalue weighted by Gasteiger charge is -2.44. The van der Waals surface area contributed by atoms with Crippen molar-refractivity contribution in [3.05, 3.63) is 59.0 Å². The molecule has 1 N–H and O–H groups in total. The Kier molecular flexibility index (Phi) is 2.90. The number of nitrogens with zero attached hydrogens (tertiary/aromatic N) is 1. The van der Waals surface area contributed by atoms with E-state index in [-0.39, 0.29) is 17.9 Å². The monoisotopic (exact) mass is 320 g/mol. The lowest BCUT2D eigenvalue weighted by Crippen LogP contribution is -2.47. The maximum atomic E-state index is 13.0. The van der Waals surface area contributed by atoms with Crippen molar-refractivity contribution in [3.63, 3.8) is 0 Å². The Morgan fingerprint density at radius 3 is 3.08 bits per heavy atom. The van der Waals surface area contributed by atoms with Crippen LogP contribution in [0, 0.1) is 5.92 Å². The SMILES string of the molecule is C/C=C1\COC=C2C(=O)N3CCc4c([nH]c5ccccc45)[C@@H]3C[C@H]21. The molecule has 0 radical (unpaired) electrons. The molecule has 3 aliphatic heterocycles. The normalized spacial score (nSPS) is 27.4. The van der Waals surface area contributed by atoms with Crippen molar-refractivity contribution < 1.29 is 9.53 Å². The van der Waals surface area contributed by atoms with Crippen molar-refractivity contribution in [2.45, 2.75) is 25.8 Å². The second-order valence-electron chi connectivity index (χ2n) is 6.86. The van der Waals surface area contributed by atoms with Crippen LogP contribution in [0.5, 0.6) is 0 Å². The van der Waals surface area contributed by atoms with Crippen molar-refractivity contribution in [2.24, 2.45) is 5.92 Å². The van der Waals surface area contributed by atoms with E-state index in [0.29, 0.717) is 6.61 Å². The molecule has 0 aliphatic carbocycles. The number of hydrogen-bond acceptors (Lipinski definition) is 2. The standard InChI is InChI=1S/C20H20N2O2/c1-2-12-10-24-11-16-15(12)9-18-19-14(7-8-22(18)20(16)23)13-5-3-4-6-17(13)21-19/h2-6,11,15,18,21H,7-10H2,1H3/b12-2+/t15-,18-/m0/s1. The Labute approximate surface area is 140 Å². The minimum absolute atomic E-state index is 0.139. The number of carbonyl (C=O) groups is 1. The van der Waals surface area contributed by atoms with Gasteiger partial charge in [-0.2, -0.15) is 0 Å². The first-order valence-corrected chi connectivity index (χ1v) is 8.65. The number of ether oxygens (including phenoxy) is 1. The van der Waals surface area contributed by atoms with E-state index in [1.165, 1.54) is 27.7 Å². The van der Waals surface area contributed by atoms with Gasteiger partial charge >= 0.3 is 0 Å². The minimum atomic E-state index is 0.139.